The van der Waals surface area contributed by atoms with E-state index < -0.39 is 6.10 Å². The summed E-state index contributed by atoms with van der Waals surface area (Å²) < 4.78 is 17.4. The van der Waals surface area contributed by atoms with E-state index in [4.69, 9.17) is 14.2 Å². The van der Waals surface area contributed by atoms with Crippen LogP contribution in [0.5, 0.6) is 0 Å². The molecule has 0 aliphatic carbocycles. The van der Waals surface area contributed by atoms with Gasteiger partial charge in [0, 0.05) is 19.4 Å². The second kappa shape index (κ2) is 46.3. The summed E-state index contributed by atoms with van der Waals surface area (Å²) in [5.74, 6) is -0.375. The van der Waals surface area contributed by atoms with E-state index in [2.05, 4.69) is 20.8 Å². The van der Waals surface area contributed by atoms with Crippen LogP contribution in [-0.2, 0) is 23.8 Å². The minimum absolute atomic E-state index is 0.0972. The first-order valence-electron chi connectivity index (χ1n) is 24.6. The molecule has 0 aromatic rings. The van der Waals surface area contributed by atoms with Crippen molar-refractivity contribution in [1.29, 1.82) is 0 Å². The van der Waals surface area contributed by atoms with Crippen molar-refractivity contribution in [3.63, 3.8) is 0 Å². The third kappa shape index (κ3) is 43.6. The third-order valence-electron chi connectivity index (χ3n) is 11.1. The summed E-state index contributed by atoms with van der Waals surface area (Å²) in [5.41, 5.74) is 0. The Morgan fingerprint density at radius 2 is 0.611 bits per heavy atom. The lowest BCUT2D eigenvalue weighted by Gasteiger charge is -2.18. The van der Waals surface area contributed by atoms with Gasteiger partial charge in [0.1, 0.15) is 6.61 Å². The Bertz CT molecular complexity index is 740. The van der Waals surface area contributed by atoms with Gasteiger partial charge in [0.25, 0.3) is 0 Å². The van der Waals surface area contributed by atoms with Crippen LogP contribution >= 0.6 is 0 Å². The molecule has 5 nitrogen and oxygen atoms in total. The molecule has 0 aliphatic heterocycles. The molecule has 0 bridgehead atoms. The Labute approximate surface area is 338 Å². The number of hydrogen-bond donors (Lipinski definition) is 0. The van der Waals surface area contributed by atoms with Crippen LogP contribution in [0.2, 0.25) is 0 Å². The van der Waals surface area contributed by atoms with Crippen molar-refractivity contribution in [2.24, 2.45) is 0 Å². The second-order valence-corrected chi connectivity index (χ2v) is 16.7. The topological polar surface area (TPSA) is 61.8 Å². The second-order valence-electron chi connectivity index (χ2n) is 16.7. The number of rotatable bonds is 46. The molecule has 0 amide bonds. The van der Waals surface area contributed by atoms with E-state index in [1.54, 1.807) is 0 Å². The van der Waals surface area contributed by atoms with Crippen molar-refractivity contribution in [2.75, 3.05) is 19.8 Å². The van der Waals surface area contributed by atoms with Gasteiger partial charge in [-0.1, -0.05) is 245 Å². The van der Waals surface area contributed by atoms with Gasteiger partial charge in [-0.2, -0.15) is 0 Å². The van der Waals surface area contributed by atoms with Crippen LogP contribution in [0.15, 0.2) is 0 Å². The molecule has 54 heavy (non-hydrogen) atoms. The monoisotopic (exact) mass is 765 g/mol. The summed E-state index contributed by atoms with van der Waals surface area (Å²) in [6, 6.07) is 0. The average Bonchev–Trinajstić information content (AvgIpc) is 3.17. The smallest absolute Gasteiger partial charge is 0.306 e. The van der Waals surface area contributed by atoms with E-state index >= 15 is 0 Å². The molecule has 0 rings (SSSR count). The molecule has 1 atom stereocenters. The standard InChI is InChI=1S/C49H96O5/c1-4-7-10-13-16-19-22-24-25-26-28-30-33-36-39-42-48(50)53-46-47(45-52-44-41-38-35-32-29-23-20-17-14-11-8-5-2)54-49(51)43-40-37-34-31-27-21-18-15-12-9-6-3/h47H,4-46H2,1-3H3. The van der Waals surface area contributed by atoms with Gasteiger partial charge in [-0.25, -0.2) is 0 Å². The molecule has 0 aromatic carbocycles. The maximum absolute atomic E-state index is 12.7. The van der Waals surface area contributed by atoms with Gasteiger partial charge in [-0.15, -0.1) is 0 Å². The number of carbonyl (C=O) groups excluding carboxylic acids is 2. The van der Waals surface area contributed by atoms with E-state index in [1.165, 1.54) is 212 Å². The third-order valence-corrected chi connectivity index (χ3v) is 11.1. The van der Waals surface area contributed by atoms with Crippen molar-refractivity contribution < 1.29 is 23.8 Å². The molecule has 0 saturated carbocycles. The molecule has 0 N–H and O–H groups in total. The van der Waals surface area contributed by atoms with Crippen LogP contribution in [0.1, 0.15) is 278 Å². The van der Waals surface area contributed by atoms with Crippen LogP contribution in [-0.4, -0.2) is 37.9 Å². The van der Waals surface area contributed by atoms with E-state index in [1.807, 2.05) is 0 Å². The fourth-order valence-corrected chi connectivity index (χ4v) is 7.45. The summed E-state index contributed by atoms with van der Waals surface area (Å²) in [4.78, 5) is 25.3. The molecule has 1 unspecified atom stereocenters. The highest BCUT2D eigenvalue weighted by atomic mass is 16.6. The normalized spacial score (nSPS) is 12.0. The minimum atomic E-state index is -0.521. The molecular weight excluding hydrogens is 669 g/mol. The fourth-order valence-electron chi connectivity index (χ4n) is 7.45. The SMILES string of the molecule is CCCCCCCCCCCCCCCCCC(=O)OCC(COCCCCCCCCCCCCCC)OC(=O)CCCCCCCCCCCCC. The van der Waals surface area contributed by atoms with Crippen LogP contribution in [0.25, 0.3) is 0 Å². The predicted molar refractivity (Wildman–Crippen MR) is 233 cm³/mol. The molecule has 0 fully saturated rings. The van der Waals surface area contributed by atoms with Crippen molar-refractivity contribution in [3.05, 3.63) is 0 Å². The number of carbonyl (C=O) groups is 2. The highest BCUT2D eigenvalue weighted by molar-refractivity contribution is 5.70. The van der Waals surface area contributed by atoms with Crippen molar-refractivity contribution >= 4 is 11.9 Å². The van der Waals surface area contributed by atoms with Crippen LogP contribution < -0.4 is 0 Å². The highest BCUT2D eigenvalue weighted by Gasteiger charge is 2.17. The summed E-state index contributed by atoms with van der Waals surface area (Å²) >= 11 is 0. The largest absolute Gasteiger partial charge is 0.462 e. The van der Waals surface area contributed by atoms with Crippen molar-refractivity contribution in [2.45, 2.75) is 284 Å². The molecule has 0 saturated heterocycles. The summed E-state index contributed by atoms with van der Waals surface area (Å²) in [6.45, 7) is 7.89. The Morgan fingerprint density at radius 3 is 0.944 bits per heavy atom. The van der Waals surface area contributed by atoms with E-state index in [-0.39, 0.29) is 18.5 Å². The van der Waals surface area contributed by atoms with Gasteiger partial charge in [-0.3, -0.25) is 9.59 Å². The Hall–Kier alpha value is -1.10. The molecule has 0 heterocycles. The number of ether oxygens (including phenoxy) is 3. The molecule has 322 valence electrons. The number of unbranched alkanes of at least 4 members (excludes halogenated alkanes) is 35. The van der Waals surface area contributed by atoms with Crippen molar-refractivity contribution in [3.8, 4) is 0 Å². The van der Waals surface area contributed by atoms with Crippen LogP contribution in [0, 0.1) is 0 Å². The maximum Gasteiger partial charge on any atom is 0.306 e. The first-order valence-corrected chi connectivity index (χ1v) is 24.6. The van der Waals surface area contributed by atoms with E-state index in [0.717, 1.165) is 32.1 Å². The van der Waals surface area contributed by atoms with Gasteiger partial charge in [0.15, 0.2) is 6.10 Å². The van der Waals surface area contributed by atoms with E-state index in [0.29, 0.717) is 26.1 Å². The molecule has 0 radical (unpaired) electrons. The maximum atomic E-state index is 12.7. The lowest BCUT2D eigenvalue weighted by molar-refractivity contribution is -0.163. The average molecular weight is 765 g/mol. The van der Waals surface area contributed by atoms with E-state index in [9.17, 15) is 9.59 Å². The summed E-state index contributed by atoms with van der Waals surface area (Å²) in [5, 5.41) is 0. The zero-order valence-electron chi connectivity index (χ0n) is 37.0. The Kier molecular flexibility index (Phi) is 45.3. The van der Waals surface area contributed by atoms with Gasteiger partial charge < -0.3 is 14.2 Å². The molecule has 0 spiro atoms. The van der Waals surface area contributed by atoms with Gasteiger partial charge in [0.05, 0.1) is 6.61 Å². The zero-order valence-corrected chi connectivity index (χ0v) is 37.0. The predicted octanol–water partition coefficient (Wildman–Crippen LogP) is 16.1. The lowest BCUT2D eigenvalue weighted by atomic mass is 10.0. The molecule has 0 aromatic heterocycles. The lowest BCUT2D eigenvalue weighted by Crippen LogP contribution is -2.30. The number of hydrogen-bond acceptors (Lipinski definition) is 5. The molecular formula is C49H96O5. The summed E-state index contributed by atoms with van der Waals surface area (Å²) in [7, 11) is 0. The quantitative estimate of drug-likeness (QED) is 0.0456. The first kappa shape index (κ1) is 52.9. The first-order chi connectivity index (χ1) is 26.6. The Balaban J connectivity index is 4.16. The fraction of sp³-hybridized carbons (Fsp3) is 0.959. The van der Waals surface area contributed by atoms with Gasteiger partial charge >= 0.3 is 11.9 Å². The van der Waals surface area contributed by atoms with Crippen LogP contribution in [0.4, 0.5) is 0 Å². The summed E-state index contributed by atoms with van der Waals surface area (Å²) in [6.07, 6.45) is 49.5. The minimum Gasteiger partial charge on any atom is -0.462 e. The molecule has 0 aliphatic rings. The Morgan fingerprint density at radius 1 is 0.333 bits per heavy atom. The van der Waals surface area contributed by atoms with Gasteiger partial charge in [-0.05, 0) is 19.3 Å². The molecule has 5 heteroatoms. The van der Waals surface area contributed by atoms with Crippen LogP contribution in [0.3, 0.4) is 0 Å². The number of esters is 2. The van der Waals surface area contributed by atoms with Gasteiger partial charge in [0.2, 0.25) is 0 Å². The zero-order chi connectivity index (χ0) is 39.3. The van der Waals surface area contributed by atoms with Crippen molar-refractivity contribution in [1.82, 2.24) is 0 Å². The highest BCUT2D eigenvalue weighted by Crippen LogP contribution is 2.16.